The fourth-order valence-corrected chi connectivity index (χ4v) is 2.51. The summed E-state index contributed by atoms with van der Waals surface area (Å²) in [5.74, 6) is 0.217. The van der Waals surface area contributed by atoms with Crippen LogP contribution in [0.1, 0.15) is 24.5 Å². The summed E-state index contributed by atoms with van der Waals surface area (Å²) in [7, 11) is 0. The lowest BCUT2D eigenvalue weighted by Gasteiger charge is -2.36. The molecule has 2 rings (SSSR count). The summed E-state index contributed by atoms with van der Waals surface area (Å²) in [5.41, 5.74) is 5.51. The fraction of sp³-hybridized carbons (Fsp3) is 0.571. The summed E-state index contributed by atoms with van der Waals surface area (Å²) in [4.78, 5) is 1.91. The van der Waals surface area contributed by atoms with Crippen molar-refractivity contribution in [2.75, 3.05) is 18.0 Å². The molecule has 112 valence electrons. The highest BCUT2D eigenvalue weighted by atomic mass is 19.4. The Morgan fingerprint density at radius 3 is 2.65 bits per heavy atom. The number of piperidine rings is 1. The molecule has 1 aliphatic rings. The lowest BCUT2D eigenvalue weighted by molar-refractivity contribution is -0.138. The Morgan fingerprint density at radius 2 is 2.10 bits per heavy atom. The Hall–Kier alpha value is -1.27. The summed E-state index contributed by atoms with van der Waals surface area (Å²) in [5, 5.41) is 9.87. The van der Waals surface area contributed by atoms with Crippen LogP contribution in [-0.2, 0) is 12.7 Å². The van der Waals surface area contributed by atoms with Gasteiger partial charge in [-0.05, 0) is 36.1 Å². The van der Waals surface area contributed by atoms with Gasteiger partial charge in [-0.1, -0.05) is 6.92 Å². The molecule has 1 heterocycles. The minimum absolute atomic E-state index is 0.0862. The van der Waals surface area contributed by atoms with Crippen LogP contribution in [0.3, 0.4) is 0 Å². The van der Waals surface area contributed by atoms with E-state index >= 15 is 0 Å². The summed E-state index contributed by atoms with van der Waals surface area (Å²) in [6.45, 7) is 2.99. The number of aliphatic hydroxyl groups excluding tert-OH is 1. The molecule has 1 aromatic carbocycles. The van der Waals surface area contributed by atoms with Crippen molar-refractivity contribution in [3.05, 3.63) is 29.3 Å². The third-order valence-corrected chi connectivity index (χ3v) is 3.90. The van der Waals surface area contributed by atoms with Gasteiger partial charge in [-0.25, -0.2) is 0 Å². The van der Waals surface area contributed by atoms with Crippen LogP contribution in [0.5, 0.6) is 0 Å². The second-order valence-electron chi connectivity index (χ2n) is 5.32. The predicted molar refractivity (Wildman–Crippen MR) is 71.3 cm³/mol. The van der Waals surface area contributed by atoms with E-state index in [0.29, 0.717) is 12.2 Å². The normalized spacial score (nSPS) is 24.0. The highest BCUT2D eigenvalue weighted by Gasteiger charge is 2.33. The van der Waals surface area contributed by atoms with Crippen molar-refractivity contribution in [3.63, 3.8) is 0 Å². The monoisotopic (exact) mass is 288 g/mol. The molecule has 6 heteroatoms. The van der Waals surface area contributed by atoms with E-state index in [-0.39, 0.29) is 18.0 Å². The van der Waals surface area contributed by atoms with Gasteiger partial charge in [0.25, 0.3) is 0 Å². The molecule has 1 fully saturated rings. The van der Waals surface area contributed by atoms with Gasteiger partial charge in [0.1, 0.15) is 0 Å². The number of anilines is 1. The van der Waals surface area contributed by atoms with Gasteiger partial charge >= 0.3 is 6.18 Å². The van der Waals surface area contributed by atoms with Gasteiger partial charge in [0.05, 0.1) is 11.7 Å². The zero-order valence-electron chi connectivity index (χ0n) is 11.3. The van der Waals surface area contributed by atoms with Crippen molar-refractivity contribution in [2.24, 2.45) is 11.7 Å². The Balaban J connectivity index is 2.26. The summed E-state index contributed by atoms with van der Waals surface area (Å²) in [6, 6.07) is 4.00. The zero-order chi connectivity index (χ0) is 14.9. The first-order valence-corrected chi connectivity index (χ1v) is 6.66. The van der Waals surface area contributed by atoms with E-state index in [2.05, 4.69) is 0 Å². The molecule has 0 bridgehead atoms. The molecule has 0 aromatic heterocycles. The molecule has 0 radical (unpaired) electrons. The minimum Gasteiger partial charge on any atom is -0.391 e. The summed E-state index contributed by atoms with van der Waals surface area (Å²) in [6.07, 6.45) is -4.02. The van der Waals surface area contributed by atoms with Gasteiger partial charge in [0.2, 0.25) is 0 Å². The molecule has 1 aliphatic heterocycles. The number of hydrogen-bond acceptors (Lipinski definition) is 3. The molecule has 2 atom stereocenters. The maximum atomic E-state index is 12.8. The smallest absolute Gasteiger partial charge is 0.391 e. The topological polar surface area (TPSA) is 49.5 Å². The average Bonchev–Trinajstić information content (AvgIpc) is 2.40. The largest absolute Gasteiger partial charge is 0.416 e. The first-order valence-electron chi connectivity index (χ1n) is 6.66. The number of rotatable bonds is 2. The van der Waals surface area contributed by atoms with Crippen LogP contribution in [0.15, 0.2) is 18.2 Å². The van der Waals surface area contributed by atoms with E-state index in [1.807, 2.05) is 11.8 Å². The maximum absolute atomic E-state index is 12.8. The third-order valence-electron chi connectivity index (χ3n) is 3.90. The van der Waals surface area contributed by atoms with Gasteiger partial charge in [-0.3, -0.25) is 0 Å². The quantitative estimate of drug-likeness (QED) is 0.878. The van der Waals surface area contributed by atoms with E-state index in [9.17, 15) is 18.3 Å². The predicted octanol–water partition coefficient (Wildman–Crippen LogP) is 2.37. The van der Waals surface area contributed by atoms with E-state index in [1.54, 1.807) is 0 Å². The van der Waals surface area contributed by atoms with E-state index < -0.39 is 17.8 Å². The Bertz CT molecular complexity index is 476. The molecule has 1 saturated heterocycles. The molecule has 0 saturated carbocycles. The Morgan fingerprint density at radius 1 is 1.40 bits per heavy atom. The van der Waals surface area contributed by atoms with Gasteiger partial charge in [0, 0.05) is 25.3 Å². The van der Waals surface area contributed by atoms with Crippen LogP contribution in [0.2, 0.25) is 0 Å². The van der Waals surface area contributed by atoms with Gasteiger partial charge < -0.3 is 15.7 Å². The van der Waals surface area contributed by atoms with Crippen LogP contribution in [-0.4, -0.2) is 24.3 Å². The van der Waals surface area contributed by atoms with E-state index in [4.69, 9.17) is 5.73 Å². The number of nitrogens with zero attached hydrogens (tertiary/aromatic N) is 1. The number of hydrogen-bond donors (Lipinski definition) is 2. The lowest BCUT2D eigenvalue weighted by Crippen LogP contribution is -2.43. The molecule has 3 N–H and O–H groups in total. The number of benzene rings is 1. The molecule has 2 unspecified atom stereocenters. The van der Waals surface area contributed by atoms with E-state index in [0.717, 1.165) is 19.0 Å². The van der Waals surface area contributed by atoms with Crippen molar-refractivity contribution in [2.45, 2.75) is 32.2 Å². The second kappa shape index (κ2) is 5.61. The standard InChI is InChI=1S/C14H19F3N2O/c1-9-4-5-19(8-13(9)20)11-2-3-12(14(15,16)17)10(6-11)7-18/h2-3,6,9,13,20H,4-5,7-8,18H2,1H3. The van der Waals surface area contributed by atoms with Crippen LogP contribution in [0.25, 0.3) is 0 Å². The lowest BCUT2D eigenvalue weighted by atomic mass is 9.95. The van der Waals surface area contributed by atoms with Crippen molar-refractivity contribution in [1.82, 2.24) is 0 Å². The highest BCUT2D eigenvalue weighted by Crippen LogP contribution is 2.34. The van der Waals surface area contributed by atoms with Crippen molar-refractivity contribution in [3.8, 4) is 0 Å². The molecular formula is C14H19F3N2O. The molecule has 3 nitrogen and oxygen atoms in total. The van der Waals surface area contributed by atoms with Crippen LogP contribution in [0, 0.1) is 5.92 Å². The Labute approximate surface area is 116 Å². The molecule has 1 aromatic rings. The molecule has 0 aliphatic carbocycles. The fourth-order valence-electron chi connectivity index (χ4n) is 2.51. The van der Waals surface area contributed by atoms with E-state index in [1.165, 1.54) is 12.1 Å². The van der Waals surface area contributed by atoms with Crippen LogP contribution < -0.4 is 10.6 Å². The molecular weight excluding hydrogens is 269 g/mol. The summed E-state index contributed by atoms with van der Waals surface area (Å²) >= 11 is 0. The first-order chi connectivity index (χ1) is 9.32. The summed E-state index contributed by atoms with van der Waals surface area (Å²) < 4.78 is 38.4. The minimum atomic E-state index is -4.39. The van der Waals surface area contributed by atoms with Crippen LogP contribution in [0.4, 0.5) is 18.9 Å². The van der Waals surface area contributed by atoms with Crippen LogP contribution >= 0.6 is 0 Å². The van der Waals surface area contributed by atoms with Gasteiger partial charge in [0.15, 0.2) is 0 Å². The SMILES string of the molecule is CC1CCN(c2ccc(C(F)(F)F)c(CN)c2)CC1O. The number of aliphatic hydroxyl groups is 1. The van der Waals surface area contributed by atoms with Crippen molar-refractivity contribution in [1.29, 1.82) is 0 Å². The number of alkyl halides is 3. The van der Waals surface area contributed by atoms with Gasteiger partial charge in [-0.2, -0.15) is 13.2 Å². The molecule has 0 amide bonds. The molecule has 20 heavy (non-hydrogen) atoms. The van der Waals surface area contributed by atoms with Crippen molar-refractivity contribution < 1.29 is 18.3 Å². The van der Waals surface area contributed by atoms with Crippen molar-refractivity contribution >= 4 is 5.69 Å². The Kier molecular flexibility index (Phi) is 4.25. The van der Waals surface area contributed by atoms with Gasteiger partial charge in [-0.15, -0.1) is 0 Å². The number of β-amino-alcohol motifs (C(OH)–C–C–N with tert-alkyl or cyclic N) is 1. The number of halogens is 3. The molecule has 0 spiro atoms. The number of nitrogens with two attached hydrogens (primary N) is 1. The third kappa shape index (κ3) is 3.07. The maximum Gasteiger partial charge on any atom is 0.416 e. The second-order valence-corrected chi connectivity index (χ2v) is 5.32. The average molecular weight is 288 g/mol. The zero-order valence-corrected chi connectivity index (χ0v) is 11.3. The first kappa shape index (κ1) is 15.1. The highest BCUT2D eigenvalue weighted by molar-refractivity contribution is 5.52.